The summed E-state index contributed by atoms with van der Waals surface area (Å²) in [4.78, 5) is 12.5. The molecule has 0 N–H and O–H groups in total. The summed E-state index contributed by atoms with van der Waals surface area (Å²) in [6, 6.07) is 0. The Hall–Kier alpha value is -2.85. The van der Waals surface area contributed by atoms with Crippen molar-refractivity contribution in [3.05, 3.63) is 46.5 Å². The van der Waals surface area contributed by atoms with Crippen LogP contribution in [0.5, 0.6) is 11.5 Å². The van der Waals surface area contributed by atoms with E-state index in [0.717, 1.165) is 19.3 Å². The number of rotatable bonds is 11. The second-order valence-electron chi connectivity index (χ2n) is 9.76. The average Bonchev–Trinajstić information content (AvgIpc) is 2.93. The molecule has 39 heavy (non-hydrogen) atoms. The molecule has 2 aromatic rings. The van der Waals surface area contributed by atoms with Gasteiger partial charge in [-0.05, 0) is 38.0 Å². The number of carbonyl (C=O) groups is 1. The van der Waals surface area contributed by atoms with Crippen LogP contribution in [0.25, 0.3) is 11.1 Å². The van der Waals surface area contributed by atoms with Crippen molar-refractivity contribution < 1.29 is 49.4 Å². The maximum atomic E-state index is 14.9. The van der Waals surface area contributed by atoms with Gasteiger partial charge in [-0.25, -0.2) is 17.6 Å². The first-order valence-electron chi connectivity index (χ1n) is 13.1. The van der Waals surface area contributed by atoms with Crippen molar-refractivity contribution in [1.82, 2.24) is 0 Å². The molecule has 0 aliphatic heterocycles. The summed E-state index contributed by atoms with van der Waals surface area (Å²) in [5.41, 5.74) is -4.05. The number of unbranched alkanes of at least 4 members (excludes halogenated alkanes) is 3. The molecular weight excluding hydrogens is 536 g/mol. The highest BCUT2D eigenvalue weighted by Gasteiger charge is 2.37. The van der Waals surface area contributed by atoms with Gasteiger partial charge in [0.15, 0.2) is 29.0 Å². The number of ether oxygens (including phenoxy) is 2. The Morgan fingerprint density at radius 3 is 1.56 bits per heavy atom. The lowest BCUT2D eigenvalue weighted by molar-refractivity contribution is -0.140. The minimum Gasteiger partial charge on any atom is -0.487 e. The molecule has 1 aliphatic carbocycles. The van der Waals surface area contributed by atoms with Gasteiger partial charge in [0.05, 0.1) is 23.7 Å². The zero-order chi connectivity index (χ0) is 28.9. The predicted octanol–water partition coefficient (Wildman–Crippen LogP) is 8.94. The quantitative estimate of drug-likeness (QED) is 0.0896. The number of carbonyl (C=O) groups excluding carboxylic acids is 1. The van der Waals surface area contributed by atoms with Crippen LogP contribution in [0.2, 0.25) is 0 Å². The first-order chi connectivity index (χ1) is 18.5. The Bertz CT molecular complexity index is 1130. The second-order valence-corrected chi connectivity index (χ2v) is 9.76. The molecule has 2 aromatic carbocycles. The van der Waals surface area contributed by atoms with Crippen molar-refractivity contribution in [3.8, 4) is 22.6 Å². The average molecular weight is 567 g/mol. The summed E-state index contributed by atoms with van der Waals surface area (Å²) in [6.07, 6.45) is 6.61. The molecular formula is C28H30F8O3. The number of hydrogen-bond donors (Lipinski definition) is 0. The Morgan fingerprint density at radius 2 is 1.10 bits per heavy atom. The Morgan fingerprint density at radius 1 is 0.641 bits per heavy atom. The first-order valence-corrected chi connectivity index (χ1v) is 13.1. The molecule has 0 saturated heterocycles. The molecule has 0 amide bonds. The van der Waals surface area contributed by atoms with Crippen LogP contribution in [0.4, 0.5) is 35.1 Å². The van der Waals surface area contributed by atoms with Crippen molar-refractivity contribution in [2.75, 3.05) is 6.61 Å². The fraction of sp³-hybridized carbons (Fsp3) is 0.536. The van der Waals surface area contributed by atoms with Crippen molar-refractivity contribution in [3.63, 3.8) is 0 Å². The molecule has 0 spiro atoms. The summed E-state index contributed by atoms with van der Waals surface area (Å²) in [7, 11) is 0. The van der Waals surface area contributed by atoms with E-state index in [-0.39, 0.29) is 6.61 Å². The van der Waals surface area contributed by atoms with Crippen molar-refractivity contribution >= 4 is 5.97 Å². The van der Waals surface area contributed by atoms with Crippen LogP contribution in [-0.2, 0) is 4.79 Å². The highest BCUT2D eigenvalue weighted by atomic mass is 19.2. The highest BCUT2D eigenvalue weighted by molar-refractivity contribution is 5.76. The van der Waals surface area contributed by atoms with Gasteiger partial charge in [-0.3, -0.25) is 4.79 Å². The van der Waals surface area contributed by atoms with Crippen molar-refractivity contribution in [2.24, 2.45) is 11.8 Å². The standard InChI is InChI=1S/C28H30F8O3/c1-3-5-7-13-38-26-22(33)18(29)16(19(30)23(26)34)17-20(31)24(35)27(25(36)21(17)32)39-28(37)15-11-9-14(10-12-15)8-6-4-2/h14-15H,3-13H2,1-2H3. The normalized spacial score (nSPS) is 17.4. The Labute approximate surface area is 221 Å². The molecule has 1 fully saturated rings. The smallest absolute Gasteiger partial charge is 0.314 e. The summed E-state index contributed by atoms with van der Waals surface area (Å²) in [6.45, 7) is 3.55. The fourth-order valence-corrected chi connectivity index (χ4v) is 4.77. The molecule has 0 heterocycles. The van der Waals surface area contributed by atoms with E-state index in [1.807, 2.05) is 13.8 Å². The summed E-state index contributed by atoms with van der Waals surface area (Å²) >= 11 is 0. The maximum Gasteiger partial charge on any atom is 0.314 e. The maximum absolute atomic E-state index is 14.9. The monoisotopic (exact) mass is 566 g/mol. The molecule has 3 nitrogen and oxygen atoms in total. The summed E-state index contributed by atoms with van der Waals surface area (Å²) in [5, 5.41) is 0. The van der Waals surface area contributed by atoms with E-state index < -0.39 is 81.1 Å². The van der Waals surface area contributed by atoms with Gasteiger partial charge in [0.25, 0.3) is 0 Å². The molecule has 1 saturated carbocycles. The molecule has 216 valence electrons. The van der Waals surface area contributed by atoms with Crippen LogP contribution < -0.4 is 9.47 Å². The van der Waals surface area contributed by atoms with Crippen LogP contribution in [0.1, 0.15) is 78.1 Å². The van der Waals surface area contributed by atoms with E-state index in [1.54, 1.807) is 0 Å². The van der Waals surface area contributed by atoms with Gasteiger partial charge in [-0.1, -0.05) is 46.0 Å². The first kappa shape index (κ1) is 30.7. The number of esters is 1. The van der Waals surface area contributed by atoms with Gasteiger partial charge in [-0.15, -0.1) is 0 Å². The lowest BCUT2D eigenvalue weighted by atomic mass is 9.80. The minimum absolute atomic E-state index is 0.292. The largest absolute Gasteiger partial charge is 0.487 e. The topological polar surface area (TPSA) is 35.5 Å². The van der Waals surface area contributed by atoms with Gasteiger partial charge in [0.1, 0.15) is 0 Å². The third kappa shape index (κ3) is 6.49. The fourth-order valence-electron chi connectivity index (χ4n) is 4.77. The van der Waals surface area contributed by atoms with Crippen LogP contribution in [0.15, 0.2) is 0 Å². The predicted molar refractivity (Wildman–Crippen MR) is 127 cm³/mol. The third-order valence-electron chi connectivity index (χ3n) is 7.04. The number of benzene rings is 2. The van der Waals surface area contributed by atoms with E-state index in [1.165, 1.54) is 0 Å². The van der Waals surface area contributed by atoms with Crippen LogP contribution >= 0.6 is 0 Å². The lowest BCUT2D eigenvalue weighted by Crippen LogP contribution is -2.26. The van der Waals surface area contributed by atoms with Gasteiger partial charge in [0, 0.05) is 0 Å². The van der Waals surface area contributed by atoms with Crippen molar-refractivity contribution in [2.45, 2.75) is 78.1 Å². The molecule has 0 bridgehead atoms. The second kappa shape index (κ2) is 13.5. The zero-order valence-electron chi connectivity index (χ0n) is 21.7. The van der Waals surface area contributed by atoms with Gasteiger partial charge in [0.2, 0.25) is 29.0 Å². The molecule has 11 heteroatoms. The van der Waals surface area contributed by atoms with E-state index in [0.29, 0.717) is 50.9 Å². The van der Waals surface area contributed by atoms with Crippen molar-refractivity contribution in [1.29, 1.82) is 0 Å². The molecule has 0 unspecified atom stereocenters. The molecule has 1 aliphatic rings. The minimum atomic E-state index is -2.40. The molecule has 0 atom stereocenters. The number of halogens is 8. The number of hydrogen-bond acceptors (Lipinski definition) is 3. The summed E-state index contributed by atoms with van der Waals surface area (Å²) < 4.78 is 127. The molecule has 0 radical (unpaired) electrons. The van der Waals surface area contributed by atoms with E-state index in [9.17, 15) is 39.9 Å². The van der Waals surface area contributed by atoms with Crippen LogP contribution in [0.3, 0.4) is 0 Å². The van der Waals surface area contributed by atoms with E-state index >= 15 is 0 Å². The van der Waals surface area contributed by atoms with E-state index in [4.69, 9.17) is 4.74 Å². The van der Waals surface area contributed by atoms with Gasteiger partial charge < -0.3 is 9.47 Å². The summed E-state index contributed by atoms with van der Waals surface area (Å²) in [5.74, 6) is -23.0. The van der Waals surface area contributed by atoms with Gasteiger partial charge in [-0.2, -0.15) is 17.6 Å². The third-order valence-corrected chi connectivity index (χ3v) is 7.04. The van der Waals surface area contributed by atoms with Crippen LogP contribution in [-0.4, -0.2) is 12.6 Å². The van der Waals surface area contributed by atoms with Gasteiger partial charge >= 0.3 is 5.97 Å². The SMILES string of the molecule is CCCCCOc1c(F)c(F)c(-c2c(F)c(F)c(OC(=O)C3CCC(CCCC)CC3)c(F)c2F)c(F)c1F. The van der Waals surface area contributed by atoms with Crippen LogP contribution in [0, 0.1) is 58.4 Å². The van der Waals surface area contributed by atoms with E-state index in [2.05, 4.69) is 4.74 Å². The lowest BCUT2D eigenvalue weighted by Gasteiger charge is -2.27. The highest BCUT2D eigenvalue weighted by Crippen LogP contribution is 2.42. The zero-order valence-corrected chi connectivity index (χ0v) is 21.7. The molecule has 0 aromatic heterocycles. The molecule has 3 rings (SSSR count). The Kier molecular flexibility index (Phi) is 10.6. The Balaban J connectivity index is 1.91.